The number of unbranched alkanes of at least 4 members (excludes halogenated alkanes) is 1. The van der Waals surface area contributed by atoms with Gasteiger partial charge in [-0.05, 0) is 30.7 Å². The molecule has 2 rings (SSSR count). The summed E-state index contributed by atoms with van der Waals surface area (Å²) in [5.74, 6) is -0.611. The lowest BCUT2D eigenvalue weighted by molar-refractivity contribution is -0.152. The highest BCUT2D eigenvalue weighted by molar-refractivity contribution is 9.10. The van der Waals surface area contributed by atoms with Crippen LogP contribution in [0.3, 0.4) is 0 Å². The fourth-order valence-electron chi connectivity index (χ4n) is 2.52. The first-order valence-corrected chi connectivity index (χ1v) is 9.41. The predicted molar refractivity (Wildman–Crippen MR) is 98.6 cm³/mol. The SMILES string of the molecule is CCCCOC(=O)CC1C(=O)NCCN1C(=O)COc1ccc(Br)cc1. The molecule has 0 aliphatic carbocycles. The van der Waals surface area contributed by atoms with Gasteiger partial charge in [0.05, 0.1) is 13.0 Å². The normalized spacial score (nSPS) is 16.8. The molecule has 26 heavy (non-hydrogen) atoms. The van der Waals surface area contributed by atoms with Crippen molar-refractivity contribution in [2.75, 3.05) is 26.3 Å². The van der Waals surface area contributed by atoms with E-state index in [0.717, 1.165) is 17.3 Å². The molecule has 1 unspecified atom stereocenters. The molecule has 1 heterocycles. The zero-order valence-corrected chi connectivity index (χ0v) is 16.3. The van der Waals surface area contributed by atoms with Crippen molar-refractivity contribution in [2.24, 2.45) is 0 Å². The molecule has 0 spiro atoms. The van der Waals surface area contributed by atoms with Crippen LogP contribution in [-0.2, 0) is 19.1 Å². The fraction of sp³-hybridized carbons (Fsp3) is 0.500. The largest absolute Gasteiger partial charge is 0.484 e. The number of hydrogen-bond donors (Lipinski definition) is 1. The van der Waals surface area contributed by atoms with Crippen LogP contribution in [0.4, 0.5) is 0 Å². The second kappa shape index (κ2) is 10.2. The summed E-state index contributed by atoms with van der Waals surface area (Å²) in [5, 5.41) is 2.68. The van der Waals surface area contributed by atoms with Gasteiger partial charge >= 0.3 is 5.97 Å². The highest BCUT2D eigenvalue weighted by Crippen LogP contribution is 2.17. The van der Waals surface area contributed by atoms with Gasteiger partial charge in [-0.2, -0.15) is 0 Å². The van der Waals surface area contributed by atoms with Crippen molar-refractivity contribution in [2.45, 2.75) is 32.2 Å². The standard InChI is InChI=1S/C18H23BrN2O5/c1-2-3-10-25-17(23)11-15-18(24)20-8-9-21(15)16(22)12-26-14-6-4-13(19)5-7-14/h4-7,15H,2-3,8-12H2,1H3,(H,20,24). The van der Waals surface area contributed by atoms with Gasteiger partial charge in [0.1, 0.15) is 11.8 Å². The van der Waals surface area contributed by atoms with Gasteiger partial charge in [0, 0.05) is 17.6 Å². The van der Waals surface area contributed by atoms with E-state index < -0.39 is 12.0 Å². The summed E-state index contributed by atoms with van der Waals surface area (Å²) in [4.78, 5) is 37.9. The molecule has 0 bridgehead atoms. The van der Waals surface area contributed by atoms with E-state index in [1.165, 1.54) is 4.90 Å². The molecule has 1 aliphatic heterocycles. The van der Waals surface area contributed by atoms with Crippen molar-refractivity contribution in [1.29, 1.82) is 0 Å². The Labute approximate surface area is 161 Å². The Morgan fingerprint density at radius 3 is 2.73 bits per heavy atom. The number of nitrogens with one attached hydrogen (secondary N) is 1. The van der Waals surface area contributed by atoms with Crippen LogP contribution in [0.15, 0.2) is 28.7 Å². The molecule has 1 atom stereocenters. The van der Waals surface area contributed by atoms with Crippen LogP contribution < -0.4 is 10.1 Å². The first kappa shape index (κ1) is 20.2. The lowest BCUT2D eigenvalue weighted by Gasteiger charge is -2.34. The Bertz CT molecular complexity index is 635. The summed E-state index contributed by atoms with van der Waals surface area (Å²) < 4.78 is 11.5. The van der Waals surface area contributed by atoms with Gasteiger partial charge in [0.25, 0.3) is 5.91 Å². The summed E-state index contributed by atoms with van der Waals surface area (Å²) in [5.41, 5.74) is 0. The maximum Gasteiger partial charge on any atom is 0.308 e. The third-order valence-electron chi connectivity index (χ3n) is 3.95. The smallest absolute Gasteiger partial charge is 0.308 e. The number of esters is 1. The Morgan fingerprint density at radius 1 is 1.31 bits per heavy atom. The monoisotopic (exact) mass is 426 g/mol. The van der Waals surface area contributed by atoms with E-state index in [1.807, 2.05) is 19.1 Å². The first-order valence-electron chi connectivity index (χ1n) is 8.62. The van der Waals surface area contributed by atoms with Gasteiger partial charge in [-0.1, -0.05) is 29.3 Å². The molecule has 1 saturated heterocycles. The number of amides is 2. The zero-order chi connectivity index (χ0) is 18.9. The molecule has 2 amide bonds. The molecule has 8 heteroatoms. The Hall–Kier alpha value is -2.09. The van der Waals surface area contributed by atoms with E-state index in [-0.39, 0.29) is 24.8 Å². The third-order valence-corrected chi connectivity index (χ3v) is 4.48. The summed E-state index contributed by atoms with van der Waals surface area (Å²) in [6.45, 7) is 2.81. The molecule has 0 radical (unpaired) electrons. The van der Waals surface area contributed by atoms with Crippen LogP contribution in [0.5, 0.6) is 5.75 Å². The fourth-order valence-corrected chi connectivity index (χ4v) is 2.79. The van der Waals surface area contributed by atoms with Crippen molar-refractivity contribution >= 4 is 33.7 Å². The zero-order valence-electron chi connectivity index (χ0n) is 14.7. The molecule has 1 aromatic rings. The number of piperazine rings is 1. The number of rotatable bonds is 8. The van der Waals surface area contributed by atoms with E-state index >= 15 is 0 Å². The molecule has 0 saturated carbocycles. The van der Waals surface area contributed by atoms with Gasteiger partial charge in [0.2, 0.25) is 5.91 Å². The maximum atomic E-state index is 12.5. The van der Waals surface area contributed by atoms with Crippen molar-refractivity contribution in [3.8, 4) is 5.75 Å². The molecule has 1 N–H and O–H groups in total. The minimum absolute atomic E-state index is 0.153. The number of hydrogen-bond acceptors (Lipinski definition) is 5. The second-order valence-electron chi connectivity index (χ2n) is 5.91. The van der Waals surface area contributed by atoms with Crippen LogP contribution in [0.2, 0.25) is 0 Å². The van der Waals surface area contributed by atoms with Crippen LogP contribution in [0.1, 0.15) is 26.2 Å². The van der Waals surface area contributed by atoms with Gasteiger partial charge in [-0.25, -0.2) is 0 Å². The van der Waals surface area contributed by atoms with Crippen LogP contribution >= 0.6 is 15.9 Å². The average Bonchev–Trinajstić information content (AvgIpc) is 2.63. The Morgan fingerprint density at radius 2 is 2.04 bits per heavy atom. The summed E-state index contributed by atoms with van der Waals surface area (Å²) >= 11 is 3.33. The lowest BCUT2D eigenvalue weighted by Crippen LogP contribution is -2.58. The average molecular weight is 427 g/mol. The molecule has 0 aromatic heterocycles. The Kier molecular flexibility index (Phi) is 7.90. The molecular formula is C18H23BrN2O5. The van der Waals surface area contributed by atoms with E-state index in [9.17, 15) is 14.4 Å². The topological polar surface area (TPSA) is 84.9 Å². The van der Waals surface area contributed by atoms with E-state index in [4.69, 9.17) is 9.47 Å². The van der Waals surface area contributed by atoms with Gasteiger partial charge in [0.15, 0.2) is 6.61 Å². The maximum absolute atomic E-state index is 12.5. The number of carbonyl (C=O) groups excluding carboxylic acids is 3. The molecule has 1 aliphatic rings. The van der Waals surface area contributed by atoms with Crippen molar-refractivity contribution < 1.29 is 23.9 Å². The number of nitrogens with zero attached hydrogens (tertiary/aromatic N) is 1. The highest BCUT2D eigenvalue weighted by Gasteiger charge is 2.35. The van der Waals surface area contributed by atoms with Crippen LogP contribution in [-0.4, -0.2) is 55.0 Å². The van der Waals surface area contributed by atoms with E-state index in [1.54, 1.807) is 12.1 Å². The first-order chi connectivity index (χ1) is 12.5. The van der Waals surface area contributed by atoms with Crippen molar-refractivity contribution in [1.82, 2.24) is 10.2 Å². The quantitative estimate of drug-likeness (QED) is 0.506. The van der Waals surface area contributed by atoms with E-state index in [2.05, 4.69) is 21.2 Å². The molecule has 7 nitrogen and oxygen atoms in total. The van der Waals surface area contributed by atoms with Crippen molar-refractivity contribution in [3.63, 3.8) is 0 Å². The van der Waals surface area contributed by atoms with Crippen LogP contribution in [0, 0.1) is 0 Å². The summed E-state index contributed by atoms with van der Waals surface area (Å²) in [6, 6.07) is 6.23. The lowest BCUT2D eigenvalue weighted by atomic mass is 10.1. The minimum Gasteiger partial charge on any atom is -0.484 e. The highest BCUT2D eigenvalue weighted by atomic mass is 79.9. The molecular weight excluding hydrogens is 404 g/mol. The number of halogens is 1. The van der Waals surface area contributed by atoms with Crippen molar-refractivity contribution in [3.05, 3.63) is 28.7 Å². The number of carbonyl (C=O) groups is 3. The number of ether oxygens (including phenoxy) is 2. The van der Waals surface area contributed by atoms with Gasteiger partial charge in [-0.3, -0.25) is 14.4 Å². The minimum atomic E-state index is -0.862. The Balaban J connectivity index is 1.92. The third kappa shape index (κ3) is 6.01. The molecule has 1 aromatic carbocycles. The van der Waals surface area contributed by atoms with Gasteiger partial charge < -0.3 is 19.7 Å². The van der Waals surface area contributed by atoms with Gasteiger partial charge in [-0.15, -0.1) is 0 Å². The molecule has 142 valence electrons. The second-order valence-corrected chi connectivity index (χ2v) is 6.83. The summed E-state index contributed by atoms with van der Waals surface area (Å²) in [7, 11) is 0. The van der Waals surface area contributed by atoms with E-state index in [0.29, 0.717) is 25.4 Å². The van der Waals surface area contributed by atoms with Crippen LogP contribution in [0.25, 0.3) is 0 Å². The number of benzene rings is 1. The predicted octanol–water partition coefficient (Wildman–Crippen LogP) is 1.89. The molecule has 1 fully saturated rings. The summed E-state index contributed by atoms with van der Waals surface area (Å²) in [6.07, 6.45) is 1.53.